The highest BCUT2D eigenvalue weighted by Crippen LogP contribution is 2.36. The van der Waals surface area contributed by atoms with Crippen molar-refractivity contribution >= 4 is 40.0 Å². The predicted octanol–water partition coefficient (Wildman–Crippen LogP) is 3.51. The lowest BCUT2D eigenvalue weighted by Gasteiger charge is -2.17. The highest BCUT2D eigenvalue weighted by Gasteiger charge is 2.20. The number of carbonyl (C=O) groups excluding carboxylic acids is 1. The number of benzene rings is 2. The molecule has 0 amide bonds. The van der Waals surface area contributed by atoms with E-state index in [9.17, 15) is 14.4 Å². The van der Waals surface area contributed by atoms with Crippen LogP contribution in [-0.2, 0) is 11.2 Å². The second-order valence-electron chi connectivity index (χ2n) is 5.76. The maximum Gasteiger partial charge on any atom is 0.349 e. The van der Waals surface area contributed by atoms with Crippen LogP contribution < -0.4 is 11.2 Å². The lowest BCUT2D eigenvalue weighted by atomic mass is 9.96. The van der Waals surface area contributed by atoms with E-state index in [-0.39, 0.29) is 11.4 Å². The van der Waals surface area contributed by atoms with E-state index in [0.29, 0.717) is 27.4 Å². The van der Waals surface area contributed by atoms with Gasteiger partial charge in [0, 0.05) is 22.0 Å². The summed E-state index contributed by atoms with van der Waals surface area (Å²) in [4.78, 5) is 37.2. The van der Waals surface area contributed by atoms with Crippen molar-refractivity contribution in [3.63, 3.8) is 0 Å². The van der Waals surface area contributed by atoms with Gasteiger partial charge in [-0.15, -0.1) is 0 Å². The van der Waals surface area contributed by atoms with Gasteiger partial charge in [0.1, 0.15) is 6.20 Å². The van der Waals surface area contributed by atoms with Crippen molar-refractivity contribution in [2.45, 2.75) is 13.3 Å². The minimum Gasteiger partial charge on any atom is -0.281 e. The maximum atomic E-state index is 12.3. The van der Waals surface area contributed by atoms with E-state index in [1.54, 1.807) is 37.3 Å². The minimum atomic E-state index is -0.710. The largest absolute Gasteiger partial charge is 0.349 e. The number of nitrogens with one attached hydrogen (secondary N) is 1. The van der Waals surface area contributed by atoms with Crippen LogP contribution in [0.15, 0.2) is 46.1 Å². The SMILES string of the molecule is Cc1c(Cl)c(CC(=O)Cl)cc(-c2ccc(Cl)cc2)c1-n1ncc(=O)[nH]c1=O. The van der Waals surface area contributed by atoms with Crippen molar-refractivity contribution < 1.29 is 4.79 Å². The molecule has 0 saturated carbocycles. The van der Waals surface area contributed by atoms with E-state index in [1.807, 2.05) is 0 Å². The average Bonchev–Trinajstić information content (AvgIpc) is 2.60. The lowest BCUT2D eigenvalue weighted by molar-refractivity contribution is -0.111. The first-order valence-corrected chi connectivity index (χ1v) is 8.86. The normalized spacial score (nSPS) is 10.8. The van der Waals surface area contributed by atoms with Crippen LogP contribution in [0.25, 0.3) is 16.8 Å². The average molecular weight is 425 g/mol. The van der Waals surface area contributed by atoms with Crippen LogP contribution >= 0.6 is 34.8 Å². The molecule has 0 spiro atoms. The van der Waals surface area contributed by atoms with Gasteiger partial charge >= 0.3 is 5.69 Å². The first-order chi connectivity index (χ1) is 12.8. The van der Waals surface area contributed by atoms with E-state index in [1.165, 1.54) is 0 Å². The third-order valence-electron chi connectivity index (χ3n) is 3.95. The Morgan fingerprint density at radius 2 is 1.85 bits per heavy atom. The molecule has 0 bridgehead atoms. The summed E-state index contributed by atoms with van der Waals surface area (Å²) >= 11 is 17.9. The van der Waals surface area contributed by atoms with Crippen LogP contribution in [0.5, 0.6) is 0 Å². The second kappa shape index (κ2) is 7.68. The van der Waals surface area contributed by atoms with Gasteiger partial charge in [-0.3, -0.25) is 14.6 Å². The number of hydrogen-bond acceptors (Lipinski definition) is 4. The zero-order valence-electron chi connectivity index (χ0n) is 13.9. The van der Waals surface area contributed by atoms with E-state index in [4.69, 9.17) is 34.8 Å². The highest BCUT2D eigenvalue weighted by molar-refractivity contribution is 6.63. The molecule has 3 aromatic rings. The quantitative estimate of drug-likeness (QED) is 0.650. The van der Waals surface area contributed by atoms with Gasteiger partial charge in [-0.1, -0.05) is 35.3 Å². The van der Waals surface area contributed by atoms with Crippen LogP contribution in [0.1, 0.15) is 11.1 Å². The van der Waals surface area contributed by atoms with Gasteiger partial charge in [-0.2, -0.15) is 9.78 Å². The molecular formula is C18H12Cl3N3O3. The predicted molar refractivity (Wildman–Crippen MR) is 105 cm³/mol. The number of rotatable bonds is 4. The Morgan fingerprint density at radius 1 is 1.19 bits per heavy atom. The molecular weight excluding hydrogens is 413 g/mol. The number of aromatic amines is 1. The molecule has 0 aliphatic heterocycles. The van der Waals surface area contributed by atoms with Gasteiger partial charge in [0.15, 0.2) is 0 Å². The molecule has 0 saturated heterocycles. The molecule has 0 unspecified atom stereocenters. The molecule has 0 fully saturated rings. The van der Waals surface area contributed by atoms with Crippen molar-refractivity contribution in [3.8, 4) is 16.8 Å². The van der Waals surface area contributed by atoms with E-state index in [2.05, 4.69) is 10.1 Å². The fourth-order valence-electron chi connectivity index (χ4n) is 2.77. The molecule has 1 N–H and O–H groups in total. The third kappa shape index (κ3) is 3.98. The number of aromatic nitrogens is 3. The monoisotopic (exact) mass is 423 g/mol. The van der Waals surface area contributed by atoms with Gasteiger partial charge < -0.3 is 0 Å². The lowest BCUT2D eigenvalue weighted by Crippen LogP contribution is -2.31. The standard InChI is InChI=1S/C18H12Cl3N3O3/c1-9-16(21)11(7-14(20)25)6-13(10-2-4-12(19)5-3-10)17(9)24-18(27)23-15(26)8-22-24/h2-6,8H,7H2,1H3,(H,23,26,27). The van der Waals surface area contributed by atoms with Gasteiger partial charge in [0.05, 0.1) is 5.69 Å². The Hall–Kier alpha value is -2.41. The summed E-state index contributed by atoms with van der Waals surface area (Å²) in [5, 5.41) is 4.19. The molecule has 6 nitrogen and oxygen atoms in total. The molecule has 27 heavy (non-hydrogen) atoms. The number of halogens is 3. The minimum absolute atomic E-state index is 0.0734. The Kier molecular flexibility index (Phi) is 5.51. The molecule has 0 aliphatic carbocycles. The van der Waals surface area contributed by atoms with Crippen LogP contribution in [-0.4, -0.2) is 20.0 Å². The topological polar surface area (TPSA) is 84.8 Å². The van der Waals surface area contributed by atoms with Crippen molar-refractivity contribution in [2.75, 3.05) is 0 Å². The van der Waals surface area contributed by atoms with Crippen LogP contribution in [0.3, 0.4) is 0 Å². The van der Waals surface area contributed by atoms with Crippen LogP contribution in [0, 0.1) is 6.92 Å². The molecule has 0 atom stereocenters. The summed E-state index contributed by atoms with van der Waals surface area (Å²) < 4.78 is 1.05. The molecule has 2 aromatic carbocycles. The van der Waals surface area contributed by atoms with Gasteiger partial charge in [0.25, 0.3) is 5.56 Å². The summed E-state index contributed by atoms with van der Waals surface area (Å²) in [6, 6.07) is 8.59. The van der Waals surface area contributed by atoms with Gasteiger partial charge in [-0.05, 0) is 53.4 Å². The molecule has 1 aromatic heterocycles. The Labute approximate surface area is 168 Å². The molecule has 0 radical (unpaired) electrons. The number of H-pyrrole nitrogens is 1. The molecule has 1 heterocycles. The van der Waals surface area contributed by atoms with Crippen molar-refractivity contribution in [1.29, 1.82) is 0 Å². The fourth-order valence-corrected chi connectivity index (χ4v) is 3.25. The summed E-state index contributed by atoms with van der Waals surface area (Å²) in [6.07, 6.45) is 0.923. The van der Waals surface area contributed by atoms with Crippen LogP contribution in [0.2, 0.25) is 10.0 Å². The molecule has 138 valence electrons. The van der Waals surface area contributed by atoms with E-state index < -0.39 is 16.5 Å². The van der Waals surface area contributed by atoms with Crippen LogP contribution in [0.4, 0.5) is 0 Å². The number of hydrogen-bond donors (Lipinski definition) is 1. The van der Waals surface area contributed by atoms with E-state index >= 15 is 0 Å². The number of nitrogens with zero attached hydrogens (tertiary/aromatic N) is 2. The molecule has 0 aliphatic rings. The first-order valence-electron chi connectivity index (χ1n) is 7.73. The Bertz CT molecular complexity index is 1150. The van der Waals surface area contributed by atoms with E-state index in [0.717, 1.165) is 16.4 Å². The third-order valence-corrected chi connectivity index (χ3v) is 4.86. The first kappa shape index (κ1) is 19.4. The van der Waals surface area contributed by atoms with Crippen molar-refractivity contribution in [2.24, 2.45) is 0 Å². The summed E-state index contributed by atoms with van der Waals surface area (Å²) in [5.41, 5.74) is 1.39. The fraction of sp³-hybridized carbons (Fsp3) is 0.111. The zero-order chi connectivity index (χ0) is 19.7. The van der Waals surface area contributed by atoms with Crippen molar-refractivity contribution in [1.82, 2.24) is 14.8 Å². The second-order valence-corrected chi connectivity index (χ2v) is 7.00. The maximum absolute atomic E-state index is 12.3. The van der Waals surface area contributed by atoms with Gasteiger partial charge in [-0.25, -0.2) is 4.79 Å². The summed E-state index contributed by atoms with van der Waals surface area (Å²) in [5.74, 6) is 0. The Balaban J connectivity index is 2.38. The summed E-state index contributed by atoms with van der Waals surface area (Å²) in [6.45, 7) is 1.69. The summed E-state index contributed by atoms with van der Waals surface area (Å²) in [7, 11) is 0. The smallest absolute Gasteiger partial charge is 0.281 e. The molecule has 3 rings (SSSR count). The zero-order valence-corrected chi connectivity index (χ0v) is 16.2. The Morgan fingerprint density at radius 3 is 2.44 bits per heavy atom. The molecule has 9 heteroatoms. The number of carbonyl (C=O) groups is 1. The van der Waals surface area contributed by atoms with Crippen molar-refractivity contribution in [3.05, 3.63) is 78.5 Å². The highest BCUT2D eigenvalue weighted by atomic mass is 35.5. The van der Waals surface area contributed by atoms with Gasteiger partial charge in [0.2, 0.25) is 5.24 Å².